The van der Waals surface area contributed by atoms with E-state index in [0.717, 1.165) is 25.7 Å². The van der Waals surface area contributed by atoms with Gasteiger partial charge in [-0.2, -0.15) is 0 Å². The van der Waals surface area contributed by atoms with Crippen LogP contribution in [0.25, 0.3) is 0 Å². The van der Waals surface area contributed by atoms with Gasteiger partial charge in [0.2, 0.25) is 5.91 Å². The third-order valence-corrected chi connectivity index (χ3v) is 3.90. The molecular formula is C12H24N2O2. The molecule has 0 aliphatic heterocycles. The molecule has 1 unspecified atom stereocenters. The van der Waals surface area contributed by atoms with Crippen molar-refractivity contribution in [1.29, 1.82) is 0 Å². The summed E-state index contributed by atoms with van der Waals surface area (Å²) < 4.78 is 0. The maximum absolute atomic E-state index is 12.4. The molecule has 0 aromatic heterocycles. The van der Waals surface area contributed by atoms with Crippen molar-refractivity contribution >= 4 is 5.91 Å². The Morgan fingerprint density at radius 2 is 2.00 bits per heavy atom. The Morgan fingerprint density at radius 3 is 2.44 bits per heavy atom. The van der Waals surface area contributed by atoms with E-state index in [-0.39, 0.29) is 24.0 Å². The molecule has 0 spiro atoms. The quantitative estimate of drug-likeness (QED) is 0.745. The largest absolute Gasteiger partial charge is 0.394 e. The van der Waals surface area contributed by atoms with E-state index in [4.69, 9.17) is 10.8 Å². The number of carbonyl (C=O) groups is 1. The Morgan fingerprint density at radius 1 is 1.44 bits per heavy atom. The lowest BCUT2D eigenvalue weighted by atomic mass is 9.73. The first-order valence-corrected chi connectivity index (χ1v) is 6.15. The number of amides is 1. The number of hydrogen-bond acceptors (Lipinski definition) is 3. The van der Waals surface area contributed by atoms with Crippen molar-refractivity contribution in [3.05, 3.63) is 0 Å². The van der Waals surface area contributed by atoms with E-state index in [2.05, 4.69) is 0 Å². The predicted molar refractivity (Wildman–Crippen MR) is 63.9 cm³/mol. The van der Waals surface area contributed by atoms with Crippen molar-refractivity contribution < 1.29 is 9.90 Å². The number of carbonyl (C=O) groups excluding carboxylic acids is 1. The van der Waals surface area contributed by atoms with Gasteiger partial charge in [-0.15, -0.1) is 0 Å². The Balaban J connectivity index is 2.75. The molecule has 0 bridgehead atoms. The molecule has 3 N–H and O–H groups in total. The molecule has 1 amide bonds. The number of likely N-dealkylation sites (N-methyl/N-ethyl adjacent to an activating group) is 1. The van der Waals surface area contributed by atoms with E-state index in [0.29, 0.717) is 6.54 Å². The standard InChI is InChI=1S/C12H24N2O2/c1-10(8-15)14(2)11(16)12(9-13)6-4-3-5-7-12/h10,15H,3-9,13H2,1-2H3. The number of aliphatic hydroxyl groups is 1. The zero-order valence-electron chi connectivity index (χ0n) is 10.4. The normalized spacial score (nSPS) is 21.5. The predicted octanol–water partition coefficient (Wildman–Crippen LogP) is 0.735. The van der Waals surface area contributed by atoms with E-state index in [9.17, 15) is 4.79 Å². The van der Waals surface area contributed by atoms with E-state index in [1.54, 1.807) is 11.9 Å². The smallest absolute Gasteiger partial charge is 0.230 e. The van der Waals surface area contributed by atoms with Crippen LogP contribution in [0.2, 0.25) is 0 Å². The highest BCUT2D eigenvalue weighted by atomic mass is 16.3. The van der Waals surface area contributed by atoms with Gasteiger partial charge in [0.15, 0.2) is 0 Å². The second kappa shape index (κ2) is 5.64. The van der Waals surface area contributed by atoms with Crippen LogP contribution < -0.4 is 5.73 Å². The molecule has 0 heterocycles. The summed E-state index contributed by atoms with van der Waals surface area (Å²) in [5.74, 6) is 0.108. The van der Waals surface area contributed by atoms with Gasteiger partial charge < -0.3 is 15.7 Å². The average Bonchev–Trinajstić information content (AvgIpc) is 2.36. The average molecular weight is 228 g/mol. The zero-order chi connectivity index (χ0) is 12.2. The van der Waals surface area contributed by atoms with Crippen LogP contribution in [-0.2, 0) is 4.79 Å². The second-order valence-corrected chi connectivity index (χ2v) is 4.99. The molecule has 1 aliphatic rings. The molecule has 1 fully saturated rings. The van der Waals surface area contributed by atoms with Gasteiger partial charge in [-0.25, -0.2) is 0 Å². The second-order valence-electron chi connectivity index (χ2n) is 4.99. The molecule has 0 saturated heterocycles. The molecule has 4 nitrogen and oxygen atoms in total. The number of nitrogens with two attached hydrogens (primary N) is 1. The Hall–Kier alpha value is -0.610. The fraction of sp³-hybridized carbons (Fsp3) is 0.917. The summed E-state index contributed by atoms with van der Waals surface area (Å²) in [5.41, 5.74) is 5.44. The SMILES string of the molecule is CC(CO)N(C)C(=O)C1(CN)CCCCC1. The minimum absolute atomic E-state index is 0.00287. The van der Waals surface area contributed by atoms with E-state index < -0.39 is 0 Å². The molecule has 1 rings (SSSR count). The molecule has 94 valence electrons. The molecule has 0 aromatic rings. The number of nitrogens with zero attached hydrogens (tertiary/aromatic N) is 1. The van der Waals surface area contributed by atoms with Gasteiger partial charge in [-0.1, -0.05) is 19.3 Å². The molecule has 0 aromatic carbocycles. The summed E-state index contributed by atoms with van der Waals surface area (Å²) in [6, 6.07) is -0.127. The van der Waals surface area contributed by atoms with Crippen molar-refractivity contribution in [3.8, 4) is 0 Å². The zero-order valence-corrected chi connectivity index (χ0v) is 10.4. The van der Waals surface area contributed by atoms with Crippen LogP contribution in [-0.4, -0.2) is 42.2 Å². The van der Waals surface area contributed by atoms with Gasteiger partial charge in [0.05, 0.1) is 18.1 Å². The van der Waals surface area contributed by atoms with Crippen molar-refractivity contribution in [1.82, 2.24) is 4.90 Å². The summed E-state index contributed by atoms with van der Waals surface area (Å²) in [4.78, 5) is 14.0. The highest BCUT2D eigenvalue weighted by Gasteiger charge is 2.40. The molecule has 0 radical (unpaired) electrons. The fourth-order valence-corrected chi connectivity index (χ4v) is 2.43. The van der Waals surface area contributed by atoms with Crippen LogP contribution >= 0.6 is 0 Å². The fourth-order valence-electron chi connectivity index (χ4n) is 2.43. The van der Waals surface area contributed by atoms with Gasteiger partial charge in [0, 0.05) is 13.6 Å². The van der Waals surface area contributed by atoms with Gasteiger partial charge in [-0.3, -0.25) is 4.79 Å². The van der Waals surface area contributed by atoms with Gasteiger partial charge in [0.1, 0.15) is 0 Å². The minimum atomic E-state index is -0.365. The monoisotopic (exact) mass is 228 g/mol. The summed E-state index contributed by atoms with van der Waals surface area (Å²) in [7, 11) is 1.76. The summed E-state index contributed by atoms with van der Waals surface area (Å²) >= 11 is 0. The summed E-state index contributed by atoms with van der Waals surface area (Å²) in [6.45, 7) is 2.28. The van der Waals surface area contributed by atoms with Crippen LogP contribution in [0.3, 0.4) is 0 Å². The third kappa shape index (κ3) is 2.55. The maximum atomic E-state index is 12.4. The number of rotatable bonds is 4. The molecular weight excluding hydrogens is 204 g/mol. The first kappa shape index (κ1) is 13.5. The molecule has 16 heavy (non-hydrogen) atoms. The van der Waals surface area contributed by atoms with E-state index in [1.807, 2.05) is 6.92 Å². The molecule has 1 saturated carbocycles. The van der Waals surface area contributed by atoms with Crippen LogP contribution in [0.1, 0.15) is 39.0 Å². The van der Waals surface area contributed by atoms with Crippen molar-refractivity contribution in [2.24, 2.45) is 11.1 Å². The molecule has 4 heteroatoms. The van der Waals surface area contributed by atoms with Crippen molar-refractivity contribution in [3.63, 3.8) is 0 Å². The molecule has 1 atom stereocenters. The topological polar surface area (TPSA) is 66.6 Å². The molecule has 1 aliphatic carbocycles. The minimum Gasteiger partial charge on any atom is -0.394 e. The lowest BCUT2D eigenvalue weighted by Gasteiger charge is -2.39. The van der Waals surface area contributed by atoms with E-state index in [1.165, 1.54) is 6.42 Å². The van der Waals surface area contributed by atoms with Gasteiger partial charge in [-0.05, 0) is 19.8 Å². The first-order valence-electron chi connectivity index (χ1n) is 6.15. The van der Waals surface area contributed by atoms with Gasteiger partial charge >= 0.3 is 0 Å². The van der Waals surface area contributed by atoms with E-state index >= 15 is 0 Å². The van der Waals surface area contributed by atoms with Gasteiger partial charge in [0.25, 0.3) is 0 Å². The van der Waals surface area contributed by atoms with Crippen LogP contribution in [0.15, 0.2) is 0 Å². The number of hydrogen-bond donors (Lipinski definition) is 2. The first-order chi connectivity index (χ1) is 7.57. The Kier molecular flexibility index (Phi) is 4.74. The lowest BCUT2D eigenvalue weighted by Crippen LogP contribution is -2.51. The van der Waals surface area contributed by atoms with Crippen LogP contribution in [0.4, 0.5) is 0 Å². The summed E-state index contributed by atoms with van der Waals surface area (Å²) in [5, 5.41) is 9.08. The van der Waals surface area contributed by atoms with Crippen LogP contribution in [0.5, 0.6) is 0 Å². The highest BCUT2D eigenvalue weighted by molar-refractivity contribution is 5.83. The summed E-state index contributed by atoms with van der Waals surface area (Å²) in [6.07, 6.45) is 5.17. The third-order valence-electron chi connectivity index (χ3n) is 3.90. The Bertz CT molecular complexity index is 237. The van der Waals surface area contributed by atoms with Crippen molar-refractivity contribution in [2.75, 3.05) is 20.2 Å². The number of aliphatic hydroxyl groups excluding tert-OH is 1. The highest BCUT2D eigenvalue weighted by Crippen LogP contribution is 2.37. The van der Waals surface area contributed by atoms with Crippen molar-refractivity contribution in [2.45, 2.75) is 45.1 Å². The lowest BCUT2D eigenvalue weighted by molar-refractivity contribution is -0.144. The maximum Gasteiger partial charge on any atom is 0.230 e. The van der Waals surface area contributed by atoms with Crippen LogP contribution in [0, 0.1) is 5.41 Å². The Labute approximate surface area is 97.8 Å².